The molecule has 1 fully saturated rings. The van der Waals surface area contributed by atoms with Gasteiger partial charge in [-0.2, -0.15) is 0 Å². The van der Waals surface area contributed by atoms with Crippen LogP contribution in [0.2, 0.25) is 5.02 Å². The van der Waals surface area contributed by atoms with Gasteiger partial charge >= 0.3 is 0 Å². The molecule has 1 N–H and O–H groups in total. The van der Waals surface area contributed by atoms with Crippen LogP contribution in [0.4, 0.5) is 5.82 Å². The molecule has 2 aromatic rings. The third-order valence-electron chi connectivity index (χ3n) is 4.23. The number of ether oxygens (including phenoxy) is 1. The quantitative estimate of drug-likeness (QED) is 0.496. The first-order chi connectivity index (χ1) is 12.8. The molecule has 0 radical (unpaired) electrons. The molecule has 0 spiro atoms. The van der Waals surface area contributed by atoms with E-state index in [0.717, 1.165) is 43.7 Å². The number of hydrogen-bond donors (Lipinski definition) is 1. The van der Waals surface area contributed by atoms with Gasteiger partial charge in [0.05, 0.1) is 6.54 Å². The molecule has 3 rings (SSSR count). The Morgan fingerprint density at radius 2 is 1.92 bits per heavy atom. The molecular formula is C19H24ClN5O. The minimum absolute atomic E-state index is 0.564. The van der Waals surface area contributed by atoms with Crippen LogP contribution in [0, 0.1) is 0 Å². The highest BCUT2D eigenvalue weighted by Crippen LogP contribution is 2.15. The van der Waals surface area contributed by atoms with Gasteiger partial charge < -0.3 is 19.9 Å². The van der Waals surface area contributed by atoms with Gasteiger partial charge in [-0.25, -0.2) is 4.98 Å². The van der Waals surface area contributed by atoms with Gasteiger partial charge in [0.15, 0.2) is 5.96 Å². The molecule has 7 heteroatoms. The topological polar surface area (TPSA) is 53.0 Å². The summed E-state index contributed by atoms with van der Waals surface area (Å²) in [6.45, 7) is 4.94. The second-order valence-corrected chi connectivity index (χ2v) is 6.37. The number of aromatic nitrogens is 1. The zero-order valence-corrected chi connectivity index (χ0v) is 15.7. The highest BCUT2D eigenvalue weighted by molar-refractivity contribution is 6.30. The third-order valence-corrected chi connectivity index (χ3v) is 4.48. The first-order valence-electron chi connectivity index (χ1n) is 8.76. The zero-order chi connectivity index (χ0) is 18.2. The Balaban J connectivity index is 1.41. The second-order valence-electron chi connectivity index (χ2n) is 5.94. The molecule has 138 valence electrons. The van der Waals surface area contributed by atoms with Gasteiger partial charge in [-0.15, -0.1) is 0 Å². The maximum atomic E-state index is 5.87. The lowest BCUT2D eigenvalue weighted by Crippen LogP contribution is -2.53. The van der Waals surface area contributed by atoms with Gasteiger partial charge in [0.2, 0.25) is 0 Å². The van der Waals surface area contributed by atoms with Crippen LogP contribution in [0.5, 0.6) is 5.75 Å². The summed E-state index contributed by atoms with van der Waals surface area (Å²) < 4.78 is 5.71. The summed E-state index contributed by atoms with van der Waals surface area (Å²) in [7, 11) is 1.81. The lowest BCUT2D eigenvalue weighted by Gasteiger charge is -2.37. The fourth-order valence-electron chi connectivity index (χ4n) is 2.88. The summed E-state index contributed by atoms with van der Waals surface area (Å²) in [6.07, 6.45) is 1.84. The molecule has 26 heavy (non-hydrogen) atoms. The average molecular weight is 374 g/mol. The molecule has 2 heterocycles. The van der Waals surface area contributed by atoms with Crippen LogP contribution >= 0.6 is 11.6 Å². The highest BCUT2D eigenvalue weighted by atomic mass is 35.5. The number of nitrogens with one attached hydrogen (secondary N) is 1. The van der Waals surface area contributed by atoms with Gasteiger partial charge in [0.1, 0.15) is 18.2 Å². The van der Waals surface area contributed by atoms with E-state index in [2.05, 4.69) is 31.2 Å². The summed E-state index contributed by atoms with van der Waals surface area (Å²) in [6, 6.07) is 13.4. The van der Waals surface area contributed by atoms with E-state index < -0.39 is 0 Å². The van der Waals surface area contributed by atoms with Crippen LogP contribution in [-0.4, -0.2) is 62.2 Å². The molecule has 1 aromatic carbocycles. The molecule has 1 aliphatic rings. The SMILES string of the molecule is CN=C(NCCOc1ccc(Cl)cc1)N1CCN(c2ccccn2)CC1. The van der Waals surface area contributed by atoms with Crippen molar-refractivity contribution in [1.29, 1.82) is 0 Å². The predicted octanol–water partition coefficient (Wildman–Crippen LogP) is 2.51. The number of pyridine rings is 1. The normalized spacial score (nSPS) is 15.1. The summed E-state index contributed by atoms with van der Waals surface area (Å²) in [5, 5.41) is 4.08. The van der Waals surface area contributed by atoms with Crippen molar-refractivity contribution in [2.45, 2.75) is 0 Å². The minimum atomic E-state index is 0.564. The Hall–Kier alpha value is -2.47. The Labute approximate surface area is 159 Å². The summed E-state index contributed by atoms with van der Waals surface area (Å²) in [5.74, 6) is 2.76. The van der Waals surface area contributed by atoms with Crippen LogP contribution < -0.4 is 15.0 Å². The maximum Gasteiger partial charge on any atom is 0.193 e. The number of halogens is 1. The molecule has 6 nitrogen and oxygen atoms in total. The molecule has 0 aliphatic carbocycles. The van der Waals surface area contributed by atoms with Crippen LogP contribution in [0.1, 0.15) is 0 Å². The first kappa shape index (κ1) is 18.3. The fourth-order valence-corrected chi connectivity index (χ4v) is 3.01. The van der Waals surface area contributed by atoms with Crippen LogP contribution in [0.25, 0.3) is 0 Å². The van der Waals surface area contributed by atoms with Gasteiger partial charge in [-0.3, -0.25) is 4.99 Å². The highest BCUT2D eigenvalue weighted by Gasteiger charge is 2.20. The van der Waals surface area contributed by atoms with Crippen molar-refractivity contribution in [3.8, 4) is 5.75 Å². The zero-order valence-electron chi connectivity index (χ0n) is 14.9. The van der Waals surface area contributed by atoms with E-state index >= 15 is 0 Å². The number of anilines is 1. The Morgan fingerprint density at radius 3 is 2.58 bits per heavy atom. The molecular weight excluding hydrogens is 350 g/mol. The maximum absolute atomic E-state index is 5.87. The van der Waals surface area contributed by atoms with Crippen LogP contribution in [0.3, 0.4) is 0 Å². The van der Waals surface area contributed by atoms with Crippen molar-refractivity contribution in [1.82, 2.24) is 15.2 Å². The molecule has 1 aliphatic heterocycles. The minimum Gasteiger partial charge on any atom is -0.492 e. The van der Waals surface area contributed by atoms with Crippen molar-refractivity contribution in [3.63, 3.8) is 0 Å². The predicted molar refractivity (Wildman–Crippen MR) is 106 cm³/mol. The average Bonchev–Trinajstić information content (AvgIpc) is 2.70. The van der Waals surface area contributed by atoms with Gasteiger partial charge in [0, 0.05) is 44.4 Å². The molecule has 0 saturated carbocycles. The van der Waals surface area contributed by atoms with Gasteiger partial charge in [0.25, 0.3) is 0 Å². The largest absolute Gasteiger partial charge is 0.492 e. The molecule has 1 saturated heterocycles. The van der Waals surface area contributed by atoms with E-state index in [9.17, 15) is 0 Å². The molecule has 0 bridgehead atoms. The van der Waals surface area contributed by atoms with Crippen molar-refractivity contribution in [2.75, 3.05) is 51.3 Å². The summed E-state index contributed by atoms with van der Waals surface area (Å²) >= 11 is 5.87. The van der Waals surface area contributed by atoms with E-state index in [-0.39, 0.29) is 0 Å². The fraction of sp³-hybridized carbons (Fsp3) is 0.368. The number of nitrogens with zero attached hydrogens (tertiary/aromatic N) is 4. The van der Waals surface area contributed by atoms with Crippen molar-refractivity contribution in [2.24, 2.45) is 4.99 Å². The monoisotopic (exact) mass is 373 g/mol. The number of aliphatic imine (C=N–C) groups is 1. The number of hydrogen-bond acceptors (Lipinski definition) is 4. The first-order valence-corrected chi connectivity index (χ1v) is 9.14. The third kappa shape index (κ3) is 5.02. The lowest BCUT2D eigenvalue weighted by molar-refractivity contribution is 0.315. The van der Waals surface area contributed by atoms with Gasteiger partial charge in [-0.1, -0.05) is 17.7 Å². The van der Waals surface area contributed by atoms with Crippen molar-refractivity contribution in [3.05, 3.63) is 53.7 Å². The number of piperazine rings is 1. The lowest BCUT2D eigenvalue weighted by atomic mass is 10.3. The Bertz CT molecular complexity index is 700. The summed E-state index contributed by atoms with van der Waals surface area (Å²) in [4.78, 5) is 13.4. The van der Waals surface area contributed by atoms with E-state index in [1.54, 1.807) is 0 Å². The molecule has 0 amide bonds. The summed E-state index contributed by atoms with van der Waals surface area (Å²) in [5.41, 5.74) is 0. The standard InChI is InChI=1S/C19H24ClN5O/c1-21-19(23-10-15-26-17-7-5-16(20)6-8-17)25-13-11-24(12-14-25)18-4-2-3-9-22-18/h2-9H,10-15H2,1H3,(H,21,23). The molecule has 0 atom stereocenters. The van der Waals surface area contributed by atoms with Crippen molar-refractivity contribution >= 4 is 23.4 Å². The van der Waals surface area contributed by atoms with E-state index in [1.807, 2.05) is 49.6 Å². The van der Waals surface area contributed by atoms with E-state index in [0.29, 0.717) is 18.2 Å². The van der Waals surface area contributed by atoms with E-state index in [1.165, 1.54) is 0 Å². The number of rotatable bonds is 5. The van der Waals surface area contributed by atoms with E-state index in [4.69, 9.17) is 16.3 Å². The van der Waals surface area contributed by atoms with Gasteiger partial charge in [-0.05, 0) is 36.4 Å². The Morgan fingerprint density at radius 1 is 1.15 bits per heavy atom. The number of guanidine groups is 1. The second kappa shape index (κ2) is 9.29. The van der Waals surface area contributed by atoms with Crippen LogP contribution in [0.15, 0.2) is 53.7 Å². The number of benzene rings is 1. The Kier molecular flexibility index (Phi) is 6.55. The van der Waals surface area contributed by atoms with Crippen molar-refractivity contribution < 1.29 is 4.74 Å². The van der Waals surface area contributed by atoms with Crippen LogP contribution in [-0.2, 0) is 0 Å². The molecule has 0 unspecified atom stereocenters. The smallest absolute Gasteiger partial charge is 0.193 e. The molecule has 1 aromatic heterocycles.